The molecule has 0 radical (unpaired) electrons. The van der Waals surface area contributed by atoms with Crippen LogP contribution in [0.1, 0.15) is 0 Å². The number of hydrogen-bond acceptors (Lipinski definition) is 1. The van der Waals surface area contributed by atoms with Crippen LogP contribution >= 0.6 is 11.3 Å². The third-order valence-electron chi connectivity index (χ3n) is 8.54. The van der Waals surface area contributed by atoms with Gasteiger partial charge in [-0.15, -0.1) is 0 Å². The molecule has 10 rings (SSSR count). The number of nitrogens with zero attached hydrogens (tertiary/aromatic N) is 1. The molecule has 0 N–H and O–H groups in total. The van der Waals surface area contributed by atoms with E-state index in [2.05, 4.69) is 120 Å². The van der Waals surface area contributed by atoms with Crippen LogP contribution in [0.25, 0.3) is 88.3 Å². The van der Waals surface area contributed by atoms with Crippen molar-refractivity contribution in [3.05, 3.63) is 115 Å². The summed E-state index contributed by atoms with van der Waals surface area (Å²) in [6, 6.07) is 43.4. The number of para-hydroxylation sites is 2. The summed E-state index contributed by atoms with van der Waals surface area (Å²) in [5.41, 5.74) is 3.96. The molecule has 39 heavy (non-hydrogen) atoms. The normalized spacial score (nSPS) is 12.6. The second-order valence-electron chi connectivity index (χ2n) is 10.5. The number of hydrogen-bond donors (Lipinski definition) is 0. The molecule has 0 saturated carbocycles. The minimum absolute atomic E-state index is 0.255. The molecular weight excluding hydrogens is 557 g/mol. The fourth-order valence-electron chi connectivity index (χ4n) is 7.00. The zero-order valence-electron chi connectivity index (χ0n) is 20.7. The first-order valence-electron chi connectivity index (χ1n) is 13.3. The van der Waals surface area contributed by atoms with Crippen molar-refractivity contribution in [2.75, 3.05) is 0 Å². The molecule has 4 heterocycles. The van der Waals surface area contributed by atoms with Crippen molar-refractivity contribution in [1.82, 2.24) is 4.40 Å². The van der Waals surface area contributed by atoms with Crippen LogP contribution in [-0.2, 0) is 0 Å². The van der Waals surface area contributed by atoms with Gasteiger partial charge in [0.05, 0.1) is 0 Å². The summed E-state index contributed by atoms with van der Waals surface area (Å²) in [5.74, 6) is 0. The van der Waals surface area contributed by atoms with Crippen LogP contribution in [-0.4, -0.2) is 18.9 Å². The van der Waals surface area contributed by atoms with E-state index in [0.29, 0.717) is 0 Å². The molecule has 0 aliphatic rings. The monoisotopic (exact) mass is 577 g/mol. The summed E-state index contributed by atoms with van der Waals surface area (Å²) < 4.78 is 8.32. The third-order valence-corrected chi connectivity index (χ3v) is 12.2. The van der Waals surface area contributed by atoms with Crippen molar-refractivity contribution in [3.8, 4) is 0 Å². The molecule has 0 aliphatic carbocycles. The van der Waals surface area contributed by atoms with Gasteiger partial charge in [-0.1, -0.05) is 0 Å². The molecule has 0 spiro atoms. The molecule has 0 bridgehead atoms. The Labute approximate surface area is 232 Å². The average Bonchev–Trinajstić information content (AvgIpc) is 3.66. The van der Waals surface area contributed by atoms with E-state index in [-0.39, 0.29) is 14.5 Å². The molecule has 3 heteroatoms. The van der Waals surface area contributed by atoms with Crippen molar-refractivity contribution in [1.29, 1.82) is 0 Å². The molecule has 4 aromatic heterocycles. The van der Waals surface area contributed by atoms with E-state index >= 15 is 0 Å². The van der Waals surface area contributed by atoms with Gasteiger partial charge in [-0.05, 0) is 0 Å². The van der Waals surface area contributed by atoms with Gasteiger partial charge in [-0.25, -0.2) is 0 Å². The average molecular weight is 577 g/mol. The summed E-state index contributed by atoms with van der Waals surface area (Å²) in [6.45, 7) is 0. The summed E-state index contributed by atoms with van der Waals surface area (Å²) in [6.07, 6.45) is 0. The Morgan fingerprint density at radius 3 is 1.82 bits per heavy atom. The molecule has 6 aromatic carbocycles. The summed E-state index contributed by atoms with van der Waals surface area (Å²) >= 11 is 2.17. The van der Waals surface area contributed by atoms with Crippen molar-refractivity contribution in [3.63, 3.8) is 0 Å². The summed E-state index contributed by atoms with van der Waals surface area (Å²) in [4.78, 5) is 0. The maximum atomic E-state index is 2.62. The second-order valence-corrected chi connectivity index (χ2v) is 13.7. The predicted octanol–water partition coefficient (Wildman–Crippen LogP) is 10.3. The van der Waals surface area contributed by atoms with Crippen LogP contribution in [0.2, 0.25) is 0 Å². The minimum atomic E-state index is 0.255. The number of benzene rings is 6. The molecule has 0 amide bonds. The van der Waals surface area contributed by atoms with Crippen LogP contribution in [0.4, 0.5) is 0 Å². The molecule has 180 valence electrons. The molecule has 0 saturated heterocycles. The standard InChI is InChI=1S/C36H19NSSe/c1-3-14-28-20(8-1)22-10-6-15-29-32(22)33-23(11-7-16-30(33)38-29)24-12-5-13-25-26-18-19-27-21-9-2-4-17-31(21)39-36(27)35(26)37(28)34(24)25/h1-19H. The Hall–Kier alpha value is -4.14. The van der Waals surface area contributed by atoms with Crippen LogP contribution in [0, 0.1) is 0 Å². The summed E-state index contributed by atoms with van der Waals surface area (Å²) in [7, 11) is 0. The van der Waals surface area contributed by atoms with E-state index in [4.69, 9.17) is 0 Å². The molecule has 1 nitrogen and oxygen atoms in total. The Morgan fingerprint density at radius 2 is 1.00 bits per heavy atom. The third kappa shape index (κ3) is 2.52. The zero-order chi connectivity index (χ0) is 25.2. The van der Waals surface area contributed by atoms with Gasteiger partial charge < -0.3 is 0 Å². The van der Waals surface area contributed by atoms with Crippen LogP contribution in [0.15, 0.2) is 115 Å². The first kappa shape index (κ1) is 20.8. The second kappa shape index (κ2) is 7.28. The number of fused-ring (bicyclic) bond motifs is 11. The summed E-state index contributed by atoms with van der Waals surface area (Å²) in [5, 5.41) is 13.5. The van der Waals surface area contributed by atoms with Crippen molar-refractivity contribution in [2.24, 2.45) is 0 Å². The van der Waals surface area contributed by atoms with E-state index in [0.717, 1.165) is 0 Å². The van der Waals surface area contributed by atoms with Gasteiger partial charge in [-0.2, -0.15) is 0 Å². The molecular formula is C36H19NSSe. The van der Waals surface area contributed by atoms with Crippen LogP contribution in [0.5, 0.6) is 0 Å². The van der Waals surface area contributed by atoms with Gasteiger partial charge in [0.1, 0.15) is 0 Å². The molecule has 0 unspecified atom stereocenters. The number of aromatic nitrogens is 1. The molecule has 0 fully saturated rings. The molecule has 0 atom stereocenters. The van der Waals surface area contributed by atoms with Crippen LogP contribution < -0.4 is 0 Å². The fourth-order valence-corrected chi connectivity index (χ4v) is 10.8. The predicted molar refractivity (Wildman–Crippen MR) is 172 cm³/mol. The van der Waals surface area contributed by atoms with Gasteiger partial charge in [0, 0.05) is 0 Å². The van der Waals surface area contributed by atoms with E-state index in [1.165, 1.54) is 88.3 Å². The van der Waals surface area contributed by atoms with Crippen LogP contribution in [0.3, 0.4) is 0 Å². The van der Waals surface area contributed by atoms with E-state index in [1.54, 1.807) is 0 Å². The zero-order valence-corrected chi connectivity index (χ0v) is 23.3. The molecule has 10 aromatic rings. The van der Waals surface area contributed by atoms with Crippen molar-refractivity contribution in [2.45, 2.75) is 0 Å². The maximum absolute atomic E-state index is 2.62. The Morgan fingerprint density at radius 1 is 0.436 bits per heavy atom. The SMILES string of the molecule is c1ccc2c(c1)[se]c1c2ccc2c3cccc4c5cccc6sc7cccc(c8ccccc8n(c43)c21)c7c65. The van der Waals surface area contributed by atoms with Gasteiger partial charge in [0.25, 0.3) is 0 Å². The van der Waals surface area contributed by atoms with E-state index in [1.807, 2.05) is 11.3 Å². The van der Waals surface area contributed by atoms with E-state index in [9.17, 15) is 0 Å². The number of thiophene rings is 1. The first-order valence-corrected chi connectivity index (χ1v) is 15.8. The topological polar surface area (TPSA) is 4.41 Å². The Balaban J connectivity index is 1.68. The fraction of sp³-hybridized carbons (Fsp3) is 0. The van der Waals surface area contributed by atoms with Crippen molar-refractivity contribution < 1.29 is 0 Å². The van der Waals surface area contributed by atoms with Gasteiger partial charge in [0.15, 0.2) is 0 Å². The Bertz CT molecular complexity index is 2670. The number of rotatable bonds is 0. The van der Waals surface area contributed by atoms with Gasteiger partial charge in [0.2, 0.25) is 0 Å². The quantitative estimate of drug-likeness (QED) is 0.158. The Kier molecular flexibility index (Phi) is 3.88. The molecule has 0 aliphatic heterocycles. The van der Waals surface area contributed by atoms with Gasteiger partial charge >= 0.3 is 234 Å². The van der Waals surface area contributed by atoms with E-state index < -0.39 is 0 Å². The first-order chi connectivity index (χ1) is 19.4. The van der Waals surface area contributed by atoms with Gasteiger partial charge in [-0.3, -0.25) is 0 Å². The van der Waals surface area contributed by atoms with Crippen molar-refractivity contribution >= 4 is 114 Å².